The van der Waals surface area contributed by atoms with Gasteiger partial charge in [-0.2, -0.15) is 0 Å². The number of nitrogens with zero attached hydrogens (tertiary/aromatic N) is 3. The molecule has 1 aliphatic rings. The molecule has 1 aromatic carbocycles. The Bertz CT molecular complexity index is 1240. The fourth-order valence-electron chi connectivity index (χ4n) is 4.47. The highest BCUT2D eigenvalue weighted by Gasteiger charge is 2.27. The molecule has 1 amide bonds. The van der Waals surface area contributed by atoms with Crippen molar-refractivity contribution in [2.75, 3.05) is 5.75 Å². The molecule has 3 aromatic rings. The van der Waals surface area contributed by atoms with Gasteiger partial charge in [-0.05, 0) is 57.6 Å². The third kappa shape index (κ3) is 5.31. The molecule has 0 saturated heterocycles. The van der Waals surface area contributed by atoms with Gasteiger partial charge in [-0.1, -0.05) is 54.6 Å². The van der Waals surface area contributed by atoms with Crippen molar-refractivity contribution in [3.8, 4) is 0 Å². The van der Waals surface area contributed by atoms with Crippen molar-refractivity contribution in [3.05, 3.63) is 69.3 Å². The van der Waals surface area contributed by atoms with Gasteiger partial charge < -0.3 is 4.90 Å². The second-order valence-corrected chi connectivity index (χ2v) is 11.8. The number of fused-ring (bicyclic) bond motifs is 3. The van der Waals surface area contributed by atoms with Gasteiger partial charge in [0.2, 0.25) is 5.91 Å². The number of thiophene rings is 1. The van der Waals surface area contributed by atoms with Crippen LogP contribution < -0.4 is 5.56 Å². The van der Waals surface area contributed by atoms with E-state index in [1.165, 1.54) is 35.0 Å². The second kappa shape index (κ2) is 10.5. The number of allylic oxidation sites excluding steroid dienone is 1. The summed E-state index contributed by atoms with van der Waals surface area (Å²) in [6.45, 7) is 10.9. The number of carbonyl (C=O) groups is 1. The van der Waals surface area contributed by atoms with E-state index in [4.69, 9.17) is 4.98 Å². The van der Waals surface area contributed by atoms with E-state index >= 15 is 0 Å². The van der Waals surface area contributed by atoms with Crippen LogP contribution in [0.25, 0.3) is 10.2 Å². The van der Waals surface area contributed by atoms with Crippen LogP contribution in [0.1, 0.15) is 56.0 Å². The number of rotatable bonds is 7. The number of amides is 1. The Morgan fingerprint density at radius 1 is 1.21 bits per heavy atom. The maximum atomic E-state index is 13.5. The lowest BCUT2D eigenvalue weighted by atomic mass is 10.0. The molecular formula is C27H33N3O2S2. The summed E-state index contributed by atoms with van der Waals surface area (Å²) in [5, 5.41) is 1.37. The highest BCUT2D eigenvalue weighted by atomic mass is 32.2. The fraction of sp³-hybridized carbons (Fsp3) is 0.444. The predicted octanol–water partition coefficient (Wildman–Crippen LogP) is 5.83. The van der Waals surface area contributed by atoms with Crippen LogP contribution in [0.2, 0.25) is 0 Å². The summed E-state index contributed by atoms with van der Waals surface area (Å²) >= 11 is 3.00. The summed E-state index contributed by atoms with van der Waals surface area (Å²) in [6, 6.07) is 10.0. The van der Waals surface area contributed by atoms with E-state index in [-0.39, 0.29) is 22.8 Å². The molecular weight excluding hydrogens is 462 g/mol. The molecule has 0 N–H and O–H groups in total. The molecule has 0 atom stereocenters. The van der Waals surface area contributed by atoms with Crippen LogP contribution in [0.5, 0.6) is 0 Å². The molecule has 0 saturated carbocycles. The lowest BCUT2D eigenvalue weighted by Crippen LogP contribution is -2.46. The Kier molecular flexibility index (Phi) is 7.63. The van der Waals surface area contributed by atoms with Crippen LogP contribution in [0, 0.1) is 0 Å². The molecule has 34 heavy (non-hydrogen) atoms. The maximum absolute atomic E-state index is 13.5. The first-order valence-corrected chi connectivity index (χ1v) is 13.7. The minimum absolute atomic E-state index is 0.00351. The quantitative estimate of drug-likeness (QED) is 0.179. The third-order valence-electron chi connectivity index (χ3n) is 6.22. The highest BCUT2D eigenvalue weighted by molar-refractivity contribution is 7.99. The van der Waals surface area contributed by atoms with Crippen LogP contribution in [-0.2, 0) is 30.7 Å². The topological polar surface area (TPSA) is 55.2 Å². The van der Waals surface area contributed by atoms with Crippen LogP contribution in [0.4, 0.5) is 0 Å². The minimum atomic E-state index is -0.322. The Labute approximate surface area is 209 Å². The lowest BCUT2D eigenvalue weighted by Gasteiger charge is -2.36. The molecule has 5 nitrogen and oxygen atoms in total. The van der Waals surface area contributed by atoms with Gasteiger partial charge in [-0.25, -0.2) is 4.98 Å². The fourth-order valence-corrected chi connectivity index (χ4v) is 6.65. The Morgan fingerprint density at radius 2 is 1.94 bits per heavy atom. The van der Waals surface area contributed by atoms with E-state index in [0.29, 0.717) is 18.2 Å². The van der Waals surface area contributed by atoms with Crippen LogP contribution in [0.3, 0.4) is 0 Å². The second-order valence-electron chi connectivity index (χ2n) is 9.77. The normalized spacial score (nSPS) is 14.0. The van der Waals surface area contributed by atoms with Crippen molar-refractivity contribution in [1.29, 1.82) is 0 Å². The molecule has 0 bridgehead atoms. The van der Waals surface area contributed by atoms with Crippen molar-refractivity contribution in [3.63, 3.8) is 0 Å². The molecule has 0 aliphatic heterocycles. The summed E-state index contributed by atoms with van der Waals surface area (Å²) in [7, 11) is 0. The van der Waals surface area contributed by atoms with E-state index in [9.17, 15) is 9.59 Å². The summed E-state index contributed by atoms with van der Waals surface area (Å²) < 4.78 is 1.68. The highest BCUT2D eigenvalue weighted by Crippen LogP contribution is 2.34. The molecule has 0 fully saturated rings. The molecule has 0 unspecified atom stereocenters. The minimum Gasteiger partial charge on any atom is -0.333 e. The van der Waals surface area contributed by atoms with Crippen molar-refractivity contribution >= 4 is 39.2 Å². The zero-order valence-corrected chi connectivity index (χ0v) is 21.9. The summed E-state index contributed by atoms with van der Waals surface area (Å²) in [5.74, 6) is 0.257. The predicted molar refractivity (Wildman–Crippen MR) is 143 cm³/mol. The summed E-state index contributed by atoms with van der Waals surface area (Å²) in [5.41, 5.74) is 1.97. The molecule has 2 heterocycles. The first-order valence-electron chi connectivity index (χ1n) is 11.9. The number of aromatic nitrogens is 2. The van der Waals surface area contributed by atoms with E-state index in [1.54, 1.807) is 22.0 Å². The maximum Gasteiger partial charge on any atom is 0.263 e. The number of hydrogen-bond acceptors (Lipinski definition) is 5. The zero-order valence-electron chi connectivity index (χ0n) is 20.3. The van der Waals surface area contributed by atoms with Gasteiger partial charge in [0.1, 0.15) is 4.83 Å². The Hall–Kier alpha value is -2.38. The smallest absolute Gasteiger partial charge is 0.263 e. The van der Waals surface area contributed by atoms with Crippen molar-refractivity contribution in [1.82, 2.24) is 14.5 Å². The number of aryl methyl sites for hydroxylation is 2. The van der Waals surface area contributed by atoms with Crippen molar-refractivity contribution in [2.45, 2.75) is 76.7 Å². The average Bonchev–Trinajstić information content (AvgIpc) is 2.99. The number of carbonyl (C=O) groups excluding carboxylic acids is 1. The number of thioether (sulfide) groups is 1. The van der Waals surface area contributed by atoms with Gasteiger partial charge in [0.25, 0.3) is 5.56 Å². The van der Waals surface area contributed by atoms with Gasteiger partial charge in [-0.15, -0.1) is 17.9 Å². The standard InChI is InChI=1S/C27H33N3O2S2/c1-5-16-29-25(32)23-20-14-10-7-11-15-21(20)34-24(23)28-26(29)33-18-22(31)30(27(2,3)4)17-19-12-8-6-9-13-19/h5-6,8-9,12-13H,1,7,10-11,14-18H2,2-4H3. The van der Waals surface area contributed by atoms with E-state index in [0.717, 1.165) is 35.0 Å². The van der Waals surface area contributed by atoms with Crippen molar-refractivity contribution < 1.29 is 4.79 Å². The first kappa shape index (κ1) is 24.7. The summed E-state index contributed by atoms with van der Waals surface area (Å²) in [6.07, 6.45) is 7.20. The summed E-state index contributed by atoms with van der Waals surface area (Å²) in [4.78, 5) is 35.8. The van der Waals surface area contributed by atoms with Gasteiger partial charge in [0.15, 0.2) is 5.16 Å². The molecule has 180 valence electrons. The van der Waals surface area contributed by atoms with Crippen molar-refractivity contribution in [2.24, 2.45) is 0 Å². The number of hydrogen-bond donors (Lipinski definition) is 0. The molecule has 2 aromatic heterocycles. The van der Waals surface area contributed by atoms with E-state index in [2.05, 4.69) is 27.4 Å². The van der Waals surface area contributed by atoms with Crippen LogP contribution in [-0.4, -0.2) is 31.6 Å². The molecule has 0 radical (unpaired) electrons. The van der Waals surface area contributed by atoms with E-state index < -0.39 is 0 Å². The first-order chi connectivity index (χ1) is 16.3. The van der Waals surface area contributed by atoms with Crippen LogP contribution in [0.15, 0.2) is 52.9 Å². The SMILES string of the molecule is C=CCn1c(SCC(=O)N(Cc2ccccc2)C(C)(C)C)nc2sc3c(c2c1=O)CCCCC3. The average molecular weight is 496 g/mol. The van der Waals surface area contributed by atoms with Gasteiger partial charge in [0, 0.05) is 23.5 Å². The lowest BCUT2D eigenvalue weighted by molar-refractivity contribution is -0.133. The zero-order chi connectivity index (χ0) is 24.3. The van der Waals surface area contributed by atoms with Crippen LogP contribution >= 0.6 is 23.1 Å². The number of benzene rings is 1. The Balaban J connectivity index is 1.63. The molecule has 1 aliphatic carbocycles. The molecule has 4 rings (SSSR count). The van der Waals surface area contributed by atoms with Gasteiger partial charge in [0.05, 0.1) is 11.1 Å². The van der Waals surface area contributed by atoms with Gasteiger partial charge >= 0.3 is 0 Å². The third-order valence-corrected chi connectivity index (χ3v) is 8.37. The monoisotopic (exact) mass is 495 g/mol. The molecule has 0 spiro atoms. The molecule has 7 heteroatoms. The van der Waals surface area contributed by atoms with E-state index in [1.807, 2.05) is 35.2 Å². The van der Waals surface area contributed by atoms with Gasteiger partial charge in [-0.3, -0.25) is 14.2 Å². The largest absolute Gasteiger partial charge is 0.333 e. The Morgan fingerprint density at radius 3 is 2.65 bits per heavy atom.